The number of amides is 1. The molecule has 2 aromatic heterocycles. The second-order valence-electron chi connectivity index (χ2n) is 10.2. The van der Waals surface area contributed by atoms with Crippen molar-refractivity contribution >= 4 is 11.7 Å². The Morgan fingerprint density at radius 3 is 2.43 bits per heavy atom. The zero-order valence-electron chi connectivity index (χ0n) is 23.2. The van der Waals surface area contributed by atoms with Crippen LogP contribution >= 0.6 is 0 Å². The summed E-state index contributed by atoms with van der Waals surface area (Å²) in [5, 5.41) is 13.9. The molecule has 0 unspecified atom stereocenters. The van der Waals surface area contributed by atoms with Crippen LogP contribution in [0.5, 0.6) is 17.2 Å². The summed E-state index contributed by atoms with van der Waals surface area (Å²) in [5.74, 6) is 0.924. The minimum Gasteiger partial charge on any atom is -0.493 e. The van der Waals surface area contributed by atoms with E-state index in [-0.39, 0.29) is 18.1 Å². The largest absolute Gasteiger partial charge is 0.493 e. The third-order valence-corrected chi connectivity index (χ3v) is 7.58. The first-order valence-electron chi connectivity index (χ1n) is 13.8. The van der Waals surface area contributed by atoms with Crippen molar-refractivity contribution in [3.05, 3.63) is 65.7 Å². The molecule has 6 rings (SSSR count). The predicted octanol–water partition coefficient (Wildman–Crippen LogP) is 4.51. The van der Waals surface area contributed by atoms with E-state index in [4.69, 9.17) is 14.2 Å². The van der Waals surface area contributed by atoms with Gasteiger partial charge in [-0.3, -0.25) is 9.59 Å². The molecule has 0 saturated carbocycles. The van der Waals surface area contributed by atoms with E-state index in [1.165, 1.54) is 12.3 Å². The zero-order valence-corrected chi connectivity index (χ0v) is 23.2. The Balaban J connectivity index is 1.22. The summed E-state index contributed by atoms with van der Waals surface area (Å²) >= 11 is 0. The van der Waals surface area contributed by atoms with Crippen molar-refractivity contribution in [3.63, 3.8) is 0 Å². The monoisotopic (exact) mass is 572 g/mol. The Hall–Kier alpha value is -4.87. The molecule has 1 saturated heterocycles. The fraction of sp³-hybridized carbons (Fsp3) is 0.333. The number of H-pyrrole nitrogens is 1. The van der Waals surface area contributed by atoms with Gasteiger partial charge in [0.15, 0.2) is 5.78 Å². The highest BCUT2D eigenvalue weighted by Crippen LogP contribution is 2.42. The molecule has 12 heteroatoms. The summed E-state index contributed by atoms with van der Waals surface area (Å²) in [6.07, 6.45) is 2.60. The highest BCUT2D eigenvalue weighted by molar-refractivity contribution is 6.01. The summed E-state index contributed by atoms with van der Waals surface area (Å²) in [4.78, 5) is 32.3. The van der Waals surface area contributed by atoms with Gasteiger partial charge in [0.2, 0.25) is 11.8 Å². The normalized spacial score (nSPS) is 15.7. The number of Topliss-reactive ketones (excluding diaryl/α,β-unsaturated/α-hetero) is 1. The molecule has 1 amide bonds. The van der Waals surface area contributed by atoms with Gasteiger partial charge in [-0.1, -0.05) is 0 Å². The molecule has 1 spiro atoms. The maximum atomic E-state index is 14.0. The number of ketones is 1. The molecule has 0 radical (unpaired) electrons. The molecule has 1 N–H and O–H groups in total. The quantitative estimate of drug-likeness (QED) is 0.318. The molecule has 2 aliphatic rings. The molecule has 4 heterocycles. The number of likely N-dealkylation sites (tertiary alicyclic amines) is 1. The van der Waals surface area contributed by atoms with Gasteiger partial charge in [0, 0.05) is 49.3 Å². The van der Waals surface area contributed by atoms with E-state index < -0.39 is 11.5 Å². The van der Waals surface area contributed by atoms with Crippen molar-refractivity contribution in [2.24, 2.45) is 0 Å². The lowest BCUT2D eigenvalue weighted by molar-refractivity contribution is -0.00572. The molecule has 11 nitrogen and oxygen atoms in total. The third-order valence-electron chi connectivity index (χ3n) is 7.58. The number of aromatic amines is 1. The Morgan fingerprint density at radius 1 is 1.05 bits per heavy atom. The number of nitrogens with zero attached hydrogens (tertiary/aromatic N) is 5. The molecule has 42 heavy (non-hydrogen) atoms. The first-order valence-corrected chi connectivity index (χ1v) is 13.8. The molecule has 0 aliphatic carbocycles. The van der Waals surface area contributed by atoms with Crippen LogP contribution in [-0.2, 0) is 0 Å². The zero-order chi connectivity index (χ0) is 29.3. The second-order valence-corrected chi connectivity index (χ2v) is 10.2. The van der Waals surface area contributed by atoms with Crippen LogP contribution in [0.25, 0.3) is 22.5 Å². The number of tetrazole rings is 1. The van der Waals surface area contributed by atoms with E-state index >= 15 is 0 Å². The number of halogens is 1. The minimum absolute atomic E-state index is 0.0211. The lowest BCUT2D eigenvalue weighted by atomic mass is 9.82. The number of piperidine rings is 1. The fourth-order valence-electron chi connectivity index (χ4n) is 5.59. The molecule has 0 atom stereocenters. The average molecular weight is 573 g/mol. The van der Waals surface area contributed by atoms with Crippen LogP contribution in [0.1, 0.15) is 53.8 Å². The number of fused-ring (bicyclic) bond motifs is 1. The lowest BCUT2D eigenvalue weighted by Crippen LogP contribution is -2.52. The molecule has 1 fully saturated rings. The summed E-state index contributed by atoms with van der Waals surface area (Å²) in [6, 6.07) is 11.6. The summed E-state index contributed by atoms with van der Waals surface area (Å²) < 4.78 is 32.2. The van der Waals surface area contributed by atoms with Crippen molar-refractivity contribution in [2.45, 2.75) is 38.7 Å². The van der Waals surface area contributed by atoms with Gasteiger partial charge in [-0.15, -0.1) is 10.2 Å². The van der Waals surface area contributed by atoms with E-state index in [9.17, 15) is 14.0 Å². The molecule has 0 bridgehead atoms. The number of ether oxygens (including phenoxy) is 3. The molecular formula is C30H29FN6O5. The fourth-order valence-corrected chi connectivity index (χ4v) is 5.59. The van der Waals surface area contributed by atoms with Gasteiger partial charge in [-0.25, -0.2) is 4.98 Å². The van der Waals surface area contributed by atoms with Gasteiger partial charge in [-0.05, 0) is 61.0 Å². The summed E-state index contributed by atoms with van der Waals surface area (Å²) in [7, 11) is 0. The van der Waals surface area contributed by atoms with Crippen LogP contribution in [0, 0.1) is 5.95 Å². The van der Waals surface area contributed by atoms with Crippen molar-refractivity contribution in [3.8, 4) is 39.8 Å². The third kappa shape index (κ3) is 5.15. The summed E-state index contributed by atoms with van der Waals surface area (Å²) in [5.41, 5.74) is 1.98. The smallest absolute Gasteiger partial charge is 0.254 e. The van der Waals surface area contributed by atoms with Crippen molar-refractivity contribution < 1.29 is 28.2 Å². The van der Waals surface area contributed by atoms with Crippen LogP contribution < -0.4 is 14.2 Å². The number of rotatable bonds is 7. The Labute approximate surface area is 241 Å². The van der Waals surface area contributed by atoms with Gasteiger partial charge in [0.05, 0.1) is 30.8 Å². The first kappa shape index (κ1) is 27.3. The number of nitrogens with one attached hydrogen (secondary N) is 1. The summed E-state index contributed by atoms with van der Waals surface area (Å²) in [6.45, 7) is 5.19. The number of carbonyl (C=O) groups excluding carboxylic acids is 2. The van der Waals surface area contributed by atoms with Crippen LogP contribution in [0.2, 0.25) is 0 Å². The second kappa shape index (κ2) is 11.2. The average Bonchev–Trinajstić information content (AvgIpc) is 3.53. The Morgan fingerprint density at radius 2 is 1.79 bits per heavy atom. The topological polar surface area (TPSA) is 132 Å². The maximum Gasteiger partial charge on any atom is 0.254 e. The molecule has 2 aromatic carbocycles. The van der Waals surface area contributed by atoms with E-state index in [2.05, 4.69) is 25.6 Å². The SMILES string of the molecule is CCOc1cc(C(=O)N2CCC3(CC2)CC(=O)c2cc(-c4nn[nH]n4)ccc2O3)cc(OCC)c1-c1ccnc(F)c1. The Bertz CT molecular complexity index is 1610. The van der Waals surface area contributed by atoms with Gasteiger partial charge in [0.25, 0.3) is 5.91 Å². The number of pyridine rings is 1. The standard InChI is InChI=1S/C30H29FN6O5/c1-3-40-24-14-20(15-25(41-4-2)27(24)18-7-10-32-26(31)16-18)29(39)37-11-8-30(9-12-37)17-22(38)21-13-19(5-6-23(21)42-30)28-33-35-36-34-28/h5-7,10,13-16H,3-4,8-9,11-12,17H2,1-2H3,(H,33,34,35,36). The van der Waals surface area contributed by atoms with Crippen molar-refractivity contribution in [1.82, 2.24) is 30.5 Å². The number of benzene rings is 2. The maximum absolute atomic E-state index is 14.0. The van der Waals surface area contributed by atoms with E-state index in [1.54, 1.807) is 41.3 Å². The van der Waals surface area contributed by atoms with Gasteiger partial charge in [0.1, 0.15) is 22.8 Å². The highest BCUT2D eigenvalue weighted by Gasteiger charge is 2.44. The van der Waals surface area contributed by atoms with Crippen LogP contribution in [-0.4, -0.2) is 74.1 Å². The van der Waals surface area contributed by atoms with Gasteiger partial charge >= 0.3 is 0 Å². The highest BCUT2D eigenvalue weighted by atomic mass is 19.1. The van der Waals surface area contributed by atoms with Crippen LogP contribution in [0.3, 0.4) is 0 Å². The molecular weight excluding hydrogens is 543 g/mol. The number of aromatic nitrogens is 5. The minimum atomic E-state index is -0.684. The van der Waals surface area contributed by atoms with E-state index in [0.29, 0.717) is 90.0 Å². The number of hydrogen-bond acceptors (Lipinski definition) is 9. The van der Waals surface area contributed by atoms with Crippen LogP contribution in [0.4, 0.5) is 4.39 Å². The lowest BCUT2D eigenvalue weighted by Gasteiger charge is -2.44. The first-order chi connectivity index (χ1) is 20.4. The van der Waals surface area contributed by atoms with Gasteiger partial charge in [-0.2, -0.15) is 9.60 Å². The van der Waals surface area contributed by atoms with Crippen LogP contribution in [0.15, 0.2) is 48.7 Å². The molecule has 4 aromatic rings. The van der Waals surface area contributed by atoms with E-state index in [1.807, 2.05) is 13.8 Å². The molecule has 2 aliphatic heterocycles. The Kier molecular flexibility index (Phi) is 7.27. The van der Waals surface area contributed by atoms with Gasteiger partial charge < -0.3 is 19.1 Å². The van der Waals surface area contributed by atoms with Crippen molar-refractivity contribution in [2.75, 3.05) is 26.3 Å². The number of carbonyl (C=O) groups is 2. The van der Waals surface area contributed by atoms with Crippen molar-refractivity contribution in [1.29, 1.82) is 0 Å². The predicted molar refractivity (Wildman–Crippen MR) is 149 cm³/mol. The molecule has 216 valence electrons. The van der Waals surface area contributed by atoms with E-state index in [0.717, 1.165) is 0 Å². The number of hydrogen-bond donors (Lipinski definition) is 1.